The van der Waals surface area contributed by atoms with Gasteiger partial charge in [0, 0.05) is 0 Å². The Bertz CT molecular complexity index is 1270. The highest BCUT2D eigenvalue weighted by molar-refractivity contribution is 6.02. The molecular weight excluding hydrogens is 434 g/mol. The monoisotopic (exact) mass is 461 g/mol. The Morgan fingerprint density at radius 3 is 2.44 bits per heavy atom. The first-order valence-corrected chi connectivity index (χ1v) is 10.8. The number of ether oxygens (including phenoxy) is 3. The summed E-state index contributed by atoms with van der Waals surface area (Å²) in [6, 6.07) is 18.4. The van der Waals surface area contributed by atoms with Crippen LogP contribution < -0.4 is 19.5 Å². The number of nitrogens with zero attached hydrogens (tertiary/aromatic N) is 2. The predicted molar refractivity (Wildman–Crippen MR) is 128 cm³/mol. The van der Waals surface area contributed by atoms with Crippen molar-refractivity contribution in [3.05, 3.63) is 89.1 Å². The van der Waals surface area contributed by atoms with E-state index in [4.69, 9.17) is 18.6 Å². The summed E-state index contributed by atoms with van der Waals surface area (Å²) in [5, 5.41) is 7.52. The Morgan fingerprint density at radius 1 is 0.971 bits per heavy atom. The zero-order valence-corrected chi connectivity index (χ0v) is 19.6. The van der Waals surface area contributed by atoms with E-state index in [1.807, 2.05) is 67.1 Å². The highest BCUT2D eigenvalue weighted by atomic mass is 16.5. The zero-order chi connectivity index (χ0) is 24.1. The van der Waals surface area contributed by atoms with Gasteiger partial charge in [0.2, 0.25) is 0 Å². The minimum Gasteiger partial charge on any atom is -0.497 e. The molecule has 0 aliphatic rings. The molecule has 0 bridgehead atoms. The quantitative estimate of drug-likeness (QED) is 0.378. The van der Waals surface area contributed by atoms with Crippen LogP contribution in [-0.4, -0.2) is 29.9 Å². The third-order valence-corrected chi connectivity index (χ3v) is 5.41. The molecular formula is C26H27N3O5. The van der Waals surface area contributed by atoms with Crippen LogP contribution in [-0.2, 0) is 13.2 Å². The molecule has 0 unspecified atom stereocenters. The van der Waals surface area contributed by atoms with Crippen LogP contribution >= 0.6 is 0 Å². The molecule has 1 amide bonds. The number of aryl methyl sites for hydroxylation is 1. The maximum Gasteiger partial charge on any atom is 0.291 e. The lowest BCUT2D eigenvalue weighted by molar-refractivity contribution is 0.0992. The first kappa shape index (κ1) is 23.0. The van der Waals surface area contributed by atoms with Crippen molar-refractivity contribution in [3.63, 3.8) is 0 Å². The molecule has 0 aliphatic heterocycles. The number of hydrogen-bond donors (Lipinski definition) is 1. The normalized spacial score (nSPS) is 10.7. The molecule has 0 saturated carbocycles. The van der Waals surface area contributed by atoms with Crippen molar-refractivity contribution in [1.82, 2.24) is 9.78 Å². The second kappa shape index (κ2) is 10.2. The van der Waals surface area contributed by atoms with E-state index in [0.717, 1.165) is 28.5 Å². The van der Waals surface area contributed by atoms with Gasteiger partial charge in [-0.25, -0.2) is 0 Å². The summed E-state index contributed by atoms with van der Waals surface area (Å²) in [4.78, 5) is 12.8. The number of carbonyl (C=O) groups excluding carboxylic acids is 1. The summed E-state index contributed by atoms with van der Waals surface area (Å²) in [6.45, 7) is 4.55. The molecule has 0 aliphatic carbocycles. The standard InChI is InChI=1S/C26H27N3O5/c1-17-25(18(2)29(28-17)15-19-6-5-7-22(14-19)32-4)27-26(30)24-13-12-23(34-24)16-33-21-10-8-20(31-3)9-11-21/h5-14H,15-16H2,1-4H3,(H,27,30). The zero-order valence-electron chi connectivity index (χ0n) is 19.6. The van der Waals surface area contributed by atoms with Crippen LogP contribution in [0.4, 0.5) is 5.69 Å². The van der Waals surface area contributed by atoms with E-state index in [0.29, 0.717) is 23.7 Å². The lowest BCUT2D eigenvalue weighted by Crippen LogP contribution is -2.12. The van der Waals surface area contributed by atoms with Crippen molar-refractivity contribution in [2.75, 3.05) is 19.5 Å². The van der Waals surface area contributed by atoms with Gasteiger partial charge >= 0.3 is 0 Å². The van der Waals surface area contributed by atoms with Crippen LogP contribution in [0, 0.1) is 13.8 Å². The fraction of sp³-hybridized carbons (Fsp3) is 0.231. The molecule has 0 atom stereocenters. The molecule has 1 N–H and O–H groups in total. The van der Waals surface area contributed by atoms with E-state index < -0.39 is 0 Å². The molecule has 4 rings (SSSR count). The fourth-order valence-electron chi connectivity index (χ4n) is 3.55. The molecule has 0 spiro atoms. The van der Waals surface area contributed by atoms with Crippen LogP contribution in [0.2, 0.25) is 0 Å². The van der Waals surface area contributed by atoms with Gasteiger partial charge in [0.25, 0.3) is 5.91 Å². The smallest absolute Gasteiger partial charge is 0.291 e. The molecule has 0 radical (unpaired) electrons. The SMILES string of the molecule is COc1ccc(OCc2ccc(C(=O)Nc3c(C)nn(Cc4cccc(OC)c4)c3C)o2)cc1. The maximum absolute atomic E-state index is 12.8. The van der Waals surface area contributed by atoms with Gasteiger partial charge in [-0.15, -0.1) is 0 Å². The van der Waals surface area contributed by atoms with Gasteiger partial charge < -0.3 is 23.9 Å². The van der Waals surface area contributed by atoms with Gasteiger partial charge in [-0.05, 0) is 67.9 Å². The average molecular weight is 462 g/mol. The number of benzene rings is 2. The fourth-order valence-corrected chi connectivity index (χ4v) is 3.55. The third kappa shape index (κ3) is 5.23. The third-order valence-electron chi connectivity index (χ3n) is 5.41. The van der Waals surface area contributed by atoms with E-state index in [-0.39, 0.29) is 18.3 Å². The molecule has 0 fully saturated rings. The number of aromatic nitrogens is 2. The molecule has 2 aromatic carbocycles. The summed E-state index contributed by atoms with van der Waals surface area (Å²) in [5.74, 6) is 2.62. The first-order chi connectivity index (χ1) is 16.5. The van der Waals surface area contributed by atoms with Crippen LogP contribution in [0.3, 0.4) is 0 Å². The first-order valence-electron chi connectivity index (χ1n) is 10.8. The topological polar surface area (TPSA) is 87.8 Å². The van der Waals surface area contributed by atoms with Gasteiger partial charge in [0.05, 0.1) is 37.8 Å². The van der Waals surface area contributed by atoms with Crippen LogP contribution in [0.15, 0.2) is 65.1 Å². The summed E-state index contributed by atoms with van der Waals surface area (Å²) >= 11 is 0. The van der Waals surface area contributed by atoms with Crippen molar-refractivity contribution in [2.24, 2.45) is 0 Å². The van der Waals surface area contributed by atoms with Gasteiger partial charge in [-0.1, -0.05) is 12.1 Å². The second-order valence-electron chi connectivity index (χ2n) is 7.74. The van der Waals surface area contributed by atoms with Crippen molar-refractivity contribution in [1.29, 1.82) is 0 Å². The van der Waals surface area contributed by atoms with Crippen molar-refractivity contribution in [2.45, 2.75) is 27.0 Å². The van der Waals surface area contributed by atoms with E-state index >= 15 is 0 Å². The number of furan rings is 1. The maximum atomic E-state index is 12.8. The van der Waals surface area contributed by atoms with Crippen LogP contribution in [0.1, 0.15) is 33.3 Å². The molecule has 2 aromatic heterocycles. The molecule has 8 heteroatoms. The molecule has 34 heavy (non-hydrogen) atoms. The van der Waals surface area contributed by atoms with Gasteiger partial charge in [0.15, 0.2) is 5.76 Å². The largest absolute Gasteiger partial charge is 0.497 e. The number of methoxy groups -OCH3 is 2. The van der Waals surface area contributed by atoms with E-state index in [1.165, 1.54) is 0 Å². The number of anilines is 1. The van der Waals surface area contributed by atoms with Gasteiger partial charge in [-0.2, -0.15) is 5.10 Å². The average Bonchev–Trinajstić information content (AvgIpc) is 3.43. The number of rotatable bonds is 9. The molecule has 8 nitrogen and oxygen atoms in total. The van der Waals surface area contributed by atoms with E-state index in [9.17, 15) is 4.79 Å². The Balaban J connectivity index is 1.40. The molecule has 0 saturated heterocycles. The number of carbonyl (C=O) groups is 1. The minimum atomic E-state index is -0.345. The van der Waals surface area contributed by atoms with Crippen LogP contribution in [0.5, 0.6) is 17.2 Å². The summed E-state index contributed by atoms with van der Waals surface area (Å²) < 4.78 is 23.7. The van der Waals surface area contributed by atoms with Crippen molar-refractivity contribution < 1.29 is 23.4 Å². The van der Waals surface area contributed by atoms with Gasteiger partial charge in [0.1, 0.15) is 29.6 Å². The van der Waals surface area contributed by atoms with Crippen molar-refractivity contribution in [3.8, 4) is 17.2 Å². The number of amides is 1. The Kier molecular flexibility index (Phi) is 6.87. The van der Waals surface area contributed by atoms with E-state index in [1.54, 1.807) is 26.4 Å². The highest BCUT2D eigenvalue weighted by Crippen LogP contribution is 2.23. The number of nitrogens with one attached hydrogen (secondary N) is 1. The lowest BCUT2D eigenvalue weighted by atomic mass is 10.2. The summed E-state index contributed by atoms with van der Waals surface area (Å²) in [5.41, 5.74) is 3.29. The number of hydrogen-bond acceptors (Lipinski definition) is 6. The Labute approximate surface area is 198 Å². The Morgan fingerprint density at radius 2 is 1.71 bits per heavy atom. The van der Waals surface area contributed by atoms with Gasteiger partial charge in [-0.3, -0.25) is 9.48 Å². The lowest BCUT2D eigenvalue weighted by Gasteiger charge is -2.08. The predicted octanol–water partition coefficient (Wildman–Crippen LogP) is 4.99. The molecule has 176 valence electrons. The summed E-state index contributed by atoms with van der Waals surface area (Å²) in [6.07, 6.45) is 0. The minimum absolute atomic E-state index is 0.202. The van der Waals surface area contributed by atoms with Crippen LogP contribution in [0.25, 0.3) is 0 Å². The summed E-state index contributed by atoms with van der Waals surface area (Å²) in [7, 11) is 3.25. The van der Waals surface area contributed by atoms with Crippen molar-refractivity contribution >= 4 is 11.6 Å². The Hall–Kier alpha value is -4.20. The second-order valence-corrected chi connectivity index (χ2v) is 7.74. The molecule has 4 aromatic rings. The van der Waals surface area contributed by atoms with E-state index in [2.05, 4.69) is 10.4 Å². The molecule has 2 heterocycles. The highest BCUT2D eigenvalue weighted by Gasteiger charge is 2.18.